The molecule has 0 spiro atoms. The number of carbonyl (C=O) groups excluding carboxylic acids is 5. The number of alkyl halides is 2. The van der Waals surface area contributed by atoms with E-state index in [0.717, 1.165) is 27.1 Å². The summed E-state index contributed by atoms with van der Waals surface area (Å²) in [4.78, 5) is 81.5. The number of unbranched alkanes of at least 4 members (excludes halogenated alkanes) is 3. The minimum atomic E-state index is -1.43. The molecule has 6 aliphatic rings. The number of aliphatic hydroxyl groups excluding tert-OH is 10. The number of phenolic OH excluding ortho intramolecular Hbond substituents is 1. The predicted octanol–water partition coefficient (Wildman–Crippen LogP) is 3.59. The number of carboxylic acid groups (broad SMARTS) is 1. The van der Waals surface area contributed by atoms with Crippen LogP contribution in [0.5, 0.6) is 5.75 Å². The molecule has 2 aliphatic carbocycles. The van der Waals surface area contributed by atoms with Crippen LogP contribution in [-0.4, -0.2) is 287 Å². The summed E-state index contributed by atoms with van der Waals surface area (Å²) in [5.41, 5.74) is 12.3. The largest absolute Gasteiger partial charge is 1.00 e. The topological polar surface area (TPSA) is 535 Å². The maximum Gasteiger partial charge on any atom is 1.00 e. The number of fused-ring (bicyclic) bond motifs is 5. The van der Waals surface area contributed by atoms with Crippen molar-refractivity contribution in [3.05, 3.63) is 136 Å². The number of phenols is 1. The molecule has 4 aromatic rings. The number of alkyl carbamates (subject to hydrolysis) is 1. The molecule has 4 aliphatic heterocycles. The SMILES string of the molecule is C.CC.CC(=O)NCCCCOC1OC(CO)C(O)C(O)C1O.CC(=O)OCC1OC(OC(C)=O)C(OC(C)=O)C(C)C1C.CCN(CC)CC.CO.C[O-].ClCCl.NCCCCOC1OC(CO)C(O)C(O)C1O.O=C(NCCCCO)OCC1c2ccccc2-c2ccccc21.O=C(O)c1ccccc1-c1c2ccc(=O)cc-2oc2cc(O)ccc12.[Na+]. The average molecular weight is 1810 g/mol. The Balaban J connectivity index is 0. The summed E-state index contributed by atoms with van der Waals surface area (Å²) in [6.45, 7) is 25.0. The summed E-state index contributed by atoms with van der Waals surface area (Å²) in [5, 5.41) is 125. The molecule has 124 heavy (non-hydrogen) atoms. The van der Waals surface area contributed by atoms with Gasteiger partial charge in [-0.15, -0.1) is 23.2 Å². The van der Waals surface area contributed by atoms with Gasteiger partial charge in [-0.1, -0.05) is 123 Å². The number of aromatic hydroxyl groups is 1. The minimum Gasteiger partial charge on any atom is -0.857 e. The van der Waals surface area contributed by atoms with Crippen molar-refractivity contribution in [3.8, 4) is 39.3 Å². The van der Waals surface area contributed by atoms with Crippen molar-refractivity contribution in [1.82, 2.24) is 15.5 Å². The number of benzene rings is 5. The Morgan fingerprint density at radius 3 is 1.49 bits per heavy atom. The fraction of sp³-hybridized carbons (Fsp3) is 0.575. The van der Waals surface area contributed by atoms with Crippen LogP contribution < -0.4 is 56.5 Å². The van der Waals surface area contributed by atoms with Crippen molar-refractivity contribution in [2.45, 2.75) is 208 Å². The summed E-state index contributed by atoms with van der Waals surface area (Å²) < 4.78 is 52.9. The smallest absolute Gasteiger partial charge is 0.857 e. The predicted molar refractivity (Wildman–Crippen MR) is 461 cm³/mol. The molecule has 0 radical (unpaired) electrons. The van der Waals surface area contributed by atoms with Crippen LogP contribution in [0.4, 0.5) is 4.79 Å². The van der Waals surface area contributed by atoms with E-state index in [-0.39, 0.29) is 103 Å². The van der Waals surface area contributed by atoms with Crippen LogP contribution in [0, 0.1) is 11.8 Å². The van der Waals surface area contributed by atoms with Crippen molar-refractivity contribution in [2.24, 2.45) is 17.6 Å². The van der Waals surface area contributed by atoms with Gasteiger partial charge in [0, 0.05) is 108 Å². The maximum absolute atomic E-state index is 11.8. The number of ether oxygens (including phenoxy) is 9. The molecule has 4 aromatic carbocycles. The van der Waals surface area contributed by atoms with E-state index in [0.29, 0.717) is 92.0 Å². The first-order valence-corrected chi connectivity index (χ1v) is 41.3. The summed E-state index contributed by atoms with van der Waals surface area (Å²) in [5.74, 6) is -2.28. The Kier molecular flexibility index (Phi) is 64.4. The van der Waals surface area contributed by atoms with Gasteiger partial charge in [-0.2, -0.15) is 7.11 Å². The molecule has 34 nitrogen and oxygen atoms in total. The number of carboxylic acids is 1. The normalized spacial score (nSPS) is 21.6. The number of hydrogen-bond acceptors (Lipinski definition) is 31. The second kappa shape index (κ2) is 67.2. The number of carbonyl (C=O) groups is 6. The number of hydrogen-bond donors (Lipinski definition) is 15. The van der Waals surface area contributed by atoms with Gasteiger partial charge in [0.15, 0.2) is 24.1 Å². The van der Waals surface area contributed by atoms with Crippen LogP contribution in [0.2, 0.25) is 0 Å². The summed E-state index contributed by atoms with van der Waals surface area (Å²) >= 11 is 9.53. The zero-order valence-electron chi connectivity index (χ0n) is 72.8. The number of aromatic carboxylic acids is 1. The van der Waals surface area contributed by atoms with Crippen molar-refractivity contribution in [1.29, 1.82) is 0 Å². The van der Waals surface area contributed by atoms with Gasteiger partial charge < -0.3 is 135 Å². The number of rotatable bonds is 28. The van der Waals surface area contributed by atoms with Crippen LogP contribution in [0.1, 0.15) is 150 Å². The van der Waals surface area contributed by atoms with Gasteiger partial charge in [0.2, 0.25) is 12.2 Å². The molecule has 0 aromatic heterocycles. The maximum atomic E-state index is 11.8. The standard InChI is InChI=1S/C20H12O5.C19H21NO3.C14H22O7.C12H23NO7.C10H21NO6.C6H15N.C2H6.CH2Cl2.CH4O.CH3O.CH4.Na/c21-11-5-7-15-17(9-11)25-18-10-12(22)6-8-16(18)19(15)13-3-1-2-4-14(13)20(23)24;21-12-6-5-11-20-19(22)23-13-18-16-9-3-1-7-14(16)15-8-2-4-10-17(15)18;1-7-8(2)13(19-10(4)16)14(20-11(5)17)21-12(7)6-18-9(3)15;1-7(15)13-4-2-3-5-19-12-11(18)10(17)9(16)8(6-14)20-12;11-3-1-2-4-16-10-9(15)8(14)7(13)6(5-12)17-10;1-4-7(5-2)6-3;1-2;2-1-3;2*1-2;;/h1-10,21H,(H,23,24);1-4,7-10,18,21H,5-6,11-13H2,(H,20,22);7-8,12-14H,6H2,1-5H3;8-12,14,16-18H,2-6H2,1H3,(H,13,15);6-10,12-15H,1-5,11H2;4-6H2,1-3H3;1-2H3;1H2;2H,1H3;1H3;1H4;/q;;;;;;;;;-1;;+1. The monoisotopic (exact) mass is 1810 g/mol. The number of nitrogens with zero attached hydrogens (tertiary/aromatic N) is 1. The zero-order valence-corrected chi connectivity index (χ0v) is 76.3. The van der Waals surface area contributed by atoms with E-state index < -0.39 is 123 Å². The molecule has 37 heteroatoms. The fourth-order valence-electron chi connectivity index (χ4n) is 12.6. The van der Waals surface area contributed by atoms with E-state index in [2.05, 4.69) is 60.6 Å². The van der Waals surface area contributed by atoms with E-state index in [1.165, 1.54) is 99.9 Å². The quantitative estimate of drug-likeness (QED) is 0.00833. The van der Waals surface area contributed by atoms with E-state index in [1.54, 1.807) is 30.3 Å². The molecule has 3 saturated heterocycles. The molecular weight excluding hydrogens is 1670 g/mol. The summed E-state index contributed by atoms with van der Waals surface area (Å²) in [6.07, 6.45) is -10.5. The van der Waals surface area contributed by atoms with Crippen LogP contribution in [0.3, 0.4) is 0 Å². The van der Waals surface area contributed by atoms with E-state index >= 15 is 0 Å². The van der Waals surface area contributed by atoms with Crippen molar-refractivity contribution in [2.75, 3.05) is 105 Å². The number of nitrogens with two attached hydrogens (primary N) is 1. The van der Waals surface area contributed by atoms with Crippen molar-refractivity contribution >= 4 is 70.0 Å². The third-order valence-electron chi connectivity index (χ3n) is 19.0. The van der Waals surface area contributed by atoms with Crippen LogP contribution in [0.25, 0.3) is 44.5 Å². The molecular formula is C87H133Cl2N4NaO30. The van der Waals surface area contributed by atoms with Crippen LogP contribution >= 0.6 is 23.2 Å². The van der Waals surface area contributed by atoms with E-state index in [1.807, 2.05) is 52.0 Å². The van der Waals surface area contributed by atoms with Gasteiger partial charge >= 0.3 is 59.5 Å². The van der Waals surface area contributed by atoms with Crippen LogP contribution in [0.15, 0.2) is 118 Å². The third kappa shape index (κ3) is 40.0. The molecule has 15 atom stereocenters. The zero-order chi connectivity index (χ0) is 92.1. The molecule has 0 saturated carbocycles. The molecule has 0 bridgehead atoms. The fourth-order valence-corrected chi connectivity index (χ4v) is 12.6. The van der Waals surface area contributed by atoms with Gasteiger partial charge in [-0.3, -0.25) is 24.0 Å². The first kappa shape index (κ1) is 119. The van der Waals surface area contributed by atoms with Gasteiger partial charge in [-0.05, 0) is 129 Å². The number of aliphatic hydroxyl groups is 10. The van der Waals surface area contributed by atoms with Gasteiger partial charge in [0.1, 0.15) is 79.1 Å². The van der Waals surface area contributed by atoms with Crippen LogP contribution in [-0.2, 0) is 61.8 Å². The third-order valence-corrected chi connectivity index (χ3v) is 19.0. The second-order valence-corrected chi connectivity index (χ2v) is 27.9. The number of halogens is 2. The minimum absolute atomic E-state index is 0. The Labute approximate surface area is 758 Å². The average Bonchev–Trinajstić information content (AvgIpc) is 0.797. The Morgan fingerprint density at radius 2 is 1.03 bits per heavy atom. The number of amides is 2. The van der Waals surface area contributed by atoms with Crippen molar-refractivity contribution in [3.63, 3.8) is 0 Å². The molecule has 15 unspecified atom stereocenters. The molecule has 3 fully saturated rings. The van der Waals surface area contributed by atoms with E-state index in [4.69, 9.17) is 102 Å². The second-order valence-electron chi connectivity index (χ2n) is 27.1. The summed E-state index contributed by atoms with van der Waals surface area (Å²) in [6, 6.07) is 32.2. The number of esters is 3. The molecule has 4 heterocycles. The Morgan fingerprint density at radius 1 is 0.556 bits per heavy atom. The first-order valence-electron chi connectivity index (χ1n) is 40.3. The summed E-state index contributed by atoms with van der Waals surface area (Å²) in [7, 11) is 1.75. The molecule has 10 rings (SSSR count). The van der Waals surface area contributed by atoms with Gasteiger partial charge in [0.05, 0.1) is 30.2 Å². The molecule has 2 amide bonds. The van der Waals surface area contributed by atoms with Gasteiger partial charge in [0.25, 0.3) is 0 Å². The Bertz CT molecular complexity index is 3910. The Hall–Kier alpha value is -7.15. The molecule has 696 valence electrons. The van der Waals surface area contributed by atoms with E-state index in [9.17, 15) is 74.4 Å². The molecule has 16 N–H and O–H groups in total. The van der Waals surface area contributed by atoms with Gasteiger partial charge in [-0.25, -0.2) is 9.59 Å². The first-order chi connectivity index (χ1) is 58.4. The van der Waals surface area contributed by atoms with Crippen molar-refractivity contribution < 1.29 is 172 Å². The number of nitrogens with one attached hydrogen (secondary N) is 2.